The Morgan fingerprint density at radius 1 is 1.43 bits per heavy atom. The molecule has 0 bridgehead atoms. The molecule has 1 aliphatic rings. The second-order valence-corrected chi connectivity index (χ2v) is 4.18. The van der Waals surface area contributed by atoms with Gasteiger partial charge in [0, 0.05) is 24.7 Å². The average Bonchev–Trinajstić information content (AvgIpc) is 2.56. The van der Waals surface area contributed by atoms with Crippen molar-refractivity contribution >= 4 is 11.6 Å². The zero-order chi connectivity index (χ0) is 9.97. The molecule has 1 fully saturated rings. The smallest absolute Gasteiger partial charge is 0.0679 e. The van der Waals surface area contributed by atoms with E-state index in [1.165, 1.54) is 0 Å². The maximum atomic E-state index is 9.37. The Balaban J connectivity index is 2.01. The Hall–Kier alpha value is -0.570. The SMILES string of the molecule is OC1CCN(Cc2ccccc2Cl)C1. The summed E-state index contributed by atoms with van der Waals surface area (Å²) in [6.07, 6.45) is 0.724. The topological polar surface area (TPSA) is 23.5 Å². The van der Waals surface area contributed by atoms with Crippen molar-refractivity contribution in [1.29, 1.82) is 0 Å². The van der Waals surface area contributed by atoms with Gasteiger partial charge in [-0.25, -0.2) is 0 Å². The fourth-order valence-corrected chi connectivity index (χ4v) is 2.02. The maximum absolute atomic E-state index is 9.37. The van der Waals surface area contributed by atoms with Crippen LogP contribution in [0.15, 0.2) is 24.3 Å². The van der Waals surface area contributed by atoms with E-state index in [9.17, 15) is 5.11 Å². The van der Waals surface area contributed by atoms with Gasteiger partial charge < -0.3 is 5.11 Å². The molecule has 0 aliphatic carbocycles. The van der Waals surface area contributed by atoms with Crippen molar-refractivity contribution < 1.29 is 5.11 Å². The number of benzene rings is 1. The molecule has 2 nitrogen and oxygen atoms in total. The Kier molecular flexibility index (Phi) is 3.06. The van der Waals surface area contributed by atoms with Gasteiger partial charge in [0.1, 0.15) is 0 Å². The number of likely N-dealkylation sites (tertiary alicyclic amines) is 1. The van der Waals surface area contributed by atoms with Gasteiger partial charge in [0.2, 0.25) is 0 Å². The molecule has 0 aromatic heterocycles. The third-order valence-corrected chi connectivity index (χ3v) is 2.97. The van der Waals surface area contributed by atoms with Crippen LogP contribution in [-0.2, 0) is 6.54 Å². The fraction of sp³-hybridized carbons (Fsp3) is 0.455. The van der Waals surface area contributed by atoms with Crippen LogP contribution in [0.4, 0.5) is 0 Å². The van der Waals surface area contributed by atoms with Crippen LogP contribution in [0.5, 0.6) is 0 Å². The molecule has 1 saturated heterocycles. The minimum absolute atomic E-state index is 0.155. The second kappa shape index (κ2) is 4.30. The normalized spacial score (nSPS) is 22.9. The standard InChI is InChI=1S/C11H14ClNO/c12-11-4-2-1-3-9(11)7-13-6-5-10(14)8-13/h1-4,10,14H,5-8H2. The first-order valence-corrected chi connectivity index (χ1v) is 5.27. The number of nitrogens with zero attached hydrogens (tertiary/aromatic N) is 1. The van der Waals surface area contributed by atoms with Crippen LogP contribution in [0, 0.1) is 0 Å². The van der Waals surface area contributed by atoms with Gasteiger partial charge in [0.05, 0.1) is 6.10 Å². The Bertz CT molecular complexity index is 316. The van der Waals surface area contributed by atoms with E-state index in [1.807, 2.05) is 24.3 Å². The predicted molar refractivity (Wildman–Crippen MR) is 57.4 cm³/mol. The lowest BCUT2D eigenvalue weighted by Crippen LogP contribution is -2.21. The van der Waals surface area contributed by atoms with Crippen molar-refractivity contribution in [2.75, 3.05) is 13.1 Å². The largest absolute Gasteiger partial charge is 0.392 e. The minimum atomic E-state index is -0.155. The highest BCUT2D eigenvalue weighted by Gasteiger charge is 2.20. The van der Waals surface area contributed by atoms with E-state index in [1.54, 1.807) is 0 Å². The number of β-amino-alcohol motifs (C(OH)–C–C–N with tert-alkyl or cyclic N) is 1. The molecular formula is C11H14ClNO. The number of aliphatic hydroxyl groups is 1. The molecule has 3 heteroatoms. The number of hydrogen-bond acceptors (Lipinski definition) is 2. The zero-order valence-electron chi connectivity index (χ0n) is 7.99. The van der Waals surface area contributed by atoms with Gasteiger partial charge in [0.25, 0.3) is 0 Å². The highest BCUT2D eigenvalue weighted by molar-refractivity contribution is 6.31. The van der Waals surface area contributed by atoms with Crippen LogP contribution in [-0.4, -0.2) is 29.2 Å². The first kappa shape index (κ1) is 9.97. The zero-order valence-corrected chi connectivity index (χ0v) is 8.74. The van der Waals surface area contributed by atoms with Gasteiger partial charge in [-0.2, -0.15) is 0 Å². The molecule has 0 amide bonds. The Morgan fingerprint density at radius 2 is 2.21 bits per heavy atom. The van der Waals surface area contributed by atoms with Gasteiger partial charge in [-0.1, -0.05) is 29.8 Å². The minimum Gasteiger partial charge on any atom is -0.392 e. The van der Waals surface area contributed by atoms with Gasteiger partial charge in [-0.15, -0.1) is 0 Å². The number of aliphatic hydroxyl groups excluding tert-OH is 1. The molecule has 14 heavy (non-hydrogen) atoms. The van der Waals surface area contributed by atoms with Crippen LogP contribution in [0.1, 0.15) is 12.0 Å². The Labute approximate surface area is 89.1 Å². The summed E-state index contributed by atoms with van der Waals surface area (Å²) in [6.45, 7) is 2.58. The lowest BCUT2D eigenvalue weighted by molar-refractivity contribution is 0.175. The van der Waals surface area contributed by atoms with E-state index >= 15 is 0 Å². The van der Waals surface area contributed by atoms with Crippen molar-refractivity contribution in [3.63, 3.8) is 0 Å². The summed E-state index contributed by atoms with van der Waals surface area (Å²) in [6, 6.07) is 7.87. The lowest BCUT2D eigenvalue weighted by atomic mass is 10.2. The lowest BCUT2D eigenvalue weighted by Gasteiger charge is -2.15. The molecule has 1 unspecified atom stereocenters. The van der Waals surface area contributed by atoms with Crippen molar-refractivity contribution in [2.45, 2.75) is 19.1 Å². The number of rotatable bonds is 2. The summed E-state index contributed by atoms with van der Waals surface area (Å²) in [7, 11) is 0. The molecule has 1 aromatic carbocycles. The molecule has 0 spiro atoms. The summed E-state index contributed by atoms with van der Waals surface area (Å²) < 4.78 is 0. The third-order valence-electron chi connectivity index (χ3n) is 2.60. The molecule has 0 radical (unpaired) electrons. The van der Waals surface area contributed by atoms with E-state index in [4.69, 9.17) is 11.6 Å². The second-order valence-electron chi connectivity index (χ2n) is 3.77. The van der Waals surface area contributed by atoms with Crippen molar-refractivity contribution in [3.8, 4) is 0 Å². The summed E-state index contributed by atoms with van der Waals surface area (Å²) in [5.74, 6) is 0. The van der Waals surface area contributed by atoms with E-state index in [2.05, 4.69) is 4.90 Å². The molecule has 1 atom stereocenters. The van der Waals surface area contributed by atoms with Crippen LogP contribution >= 0.6 is 11.6 Å². The molecule has 1 aliphatic heterocycles. The molecule has 0 saturated carbocycles. The fourth-order valence-electron chi connectivity index (χ4n) is 1.82. The Morgan fingerprint density at radius 3 is 2.86 bits per heavy atom. The van der Waals surface area contributed by atoms with Crippen LogP contribution in [0.25, 0.3) is 0 Å². The molecule has 76 valence electrons. The monoisotopic (exact) mass is 211 g/mol. The molecule has 1 aromatic rings. The van der Waals surface area contributed by atoms with Crippen LogP contribution in [0.3, 0.4) is 0 Å². The third kappa shape index (κ3) is 2.27. The summed E-state index contributed by atoms with van der Waals surface area (Å²) in [4.78, 5) is 2.23. The first-order valence-electron chi connectivity index (χ1n) is 4.89. The van der Waals surface area contributed by atoms with Gasteiger partial charge in [-0.05, 0) is 18.1 Å². The highest BCUT2D eigenvalue weighted by Crippen LogP contribution is 2.19. The first-order chi connectivity index (χ1) is 6.75. The number of halogens is 1. The van der Waals surface area contributed by atoms with Crippen LogP contribution < -0.4 is 0 Å². The van der Waals surface area contributed by atoms with Crippen molar-refractivity contribution in [3.05, 3.63) is 34.9 Å². The molecule has 1 heterocycles. The van der Waals surface area contributed by atoms with E-state index in [0.717, 1.165) is 36.6 Å². The van der Waals surface area contributed by atoms with E-state index in [-0.39, 0.29) is 6.10 Å². The average molecular weight is 212 g/mol. The quantitative estimate of drug-likeness (QED) is 0.808. The summed E-state index contributed by atoms with van der Waals surface area (Å²) in [5.41, 5.74) is 1.14. The maximum Gasteiger partial charge on any atom is 0.0679 e. The van der Waals surface area contributed by atoms with Gasteiger partial charge >= 0.3 is 0 Å². The number of hydrogen-bond donors (Lipinski definition) is 1. The van der Waals surface area contributed by atoms with Gasteiger partial charge in [0.15, 0.2) is 0 Å². The van der Waals surface area contributed by atoms with E-state index in [0.29, 0.717) is 0 Å². The molecular weight excluding hydrogens is 198 g/mol. The van der Waals surface area contributed by atoms with E-state index < -0.39 is 0 Å². The summed E-state index contributed by atoms with van der Waals surface area (Å²) in [5, 5.41) is 10.2. The molecule has 2 rings (SSSR count). The predicted octanol–water partition coefficient (Wildman–Crippen LogP) is 1.91. The van der Waals surface area contributed by atoms with Gasteiger partial charge in [-0.3, -0.25) is 4.90 Å². The molecule has 1 N–H and O–H groups in total. The van der Waals surface area contributed by atoms with Crippen molar-refractivity contribution in [1.82, 2.24) is 4.90 Å². The summed E-state index contributed by atoms with van der Waals surface area (Å²) >= 11 is 6.05. The van der Waals surface area contributed by atoms with Crippen molar-refractivity contribution in [2.24, 2.45) is 0 Å². The van der Waals surface area contributed by atoms with Crippen LogP contribution in [0.2, 0.25) is 5.02 Å². The highest BCUT2D eigenvalue weighted by atomic mass is 35.5.